The molecule has 2 aromatic heterocycles. The number of para-hydroxylation sites is 1. The van der Waals surface area contributed by atoms with Crippen molar-refractivity contribution < 1.29 is 36.2 Å². The number of primary amides is 1. The Morgan fingerprint density at radius 2 is 1.67 bits per heavy atom. The number of carbonyl (C=O) groups excluding carboxylic acids is 1. The van der Waals surface area contributed by atoms with Crippen LogP contribution in [0.15, 0.2) is 53.3 Å². The van der Waals surface area contributed by atoms with Gasteiger partial charge in [-0.3, -0.25) is 9.36 Å². The first kappa shape index (κ1) is 27.6. The van der Waals surface area contributed by atoms with Crippen LogP contribution in [-0.4, -0.2) is 52.4 Å². The maximum Gasteiger partial charge on any atom is 0.418 e. The van der Waals surface area contributed by atoms with E-state index in [9.17, 15) is 41.0 Å². The van der Waals surface area contributed by atoms with E-state index >= 15 is 0 Å². The van der Waals surface area contributed by atoms with Crippen molar-refractivity contribution in [2.45, 2.75) is 38.5 Å². The number of rotatable bonds is 7. The van der Waals surface area contributed by atoms with E-state index < -0.39 is 60.2 Å². The topological polar surface area (TPSA) is 134 Å². The number of amides is 1. The molecule has 4 rings (SSSR count). The van der Waals surface area contributed by atoms with E-state index in [0.29, 0.717) is 13.9 Å². The number of alkyl halides is 6. The van der Waals surface area contributed by atoms with E-state index in [1.807, 2.05) is 0 Å². The van der Waals surface area contributed by atoms with Gasteiger partial charge < -0.3 is 10.8 Å². The van der Waals surface area contributed by atoms with Gasteiger partial charge in [0.05, 0.1) is 17.8 Å². The van der Waals surface area contributed by atoms with Crippen molar-refractivity contribution in [2.24, 2.45) is 5.73 Å². The second-order valence-corrected chi connectivity index (χ2v) is 8.44. The number of nitrogens with zero attached hydrogens (tertiary/aromatic N) is 6. The lowest BCUT2D eigenvalue weighted by Crippen LogP contribution is -2.37. The first-order valence-electron chi connectivity index (χ1n) is 11.1. The standard InChI is InChI=1S/C23H19F6N7O3/c1-12-6-8-13(9-7-12)19-33-35(21(39)34(19)10-16(37)23(27,28)29)11-17-31-20(18(30)38)36(32-17)15-5-3-2-4-14(15)22(24,25)26/h2-9,16,37H,10-11H2,1H3,(H2,30,38). The minimum atomic E-state index is -5.03. The zero-order valence-corrected chi connectivity index (χ0v) is 19.9. The first-order valence-corrected chi connectivity index (χ1v) is 11.1. The SMILES string of the molecule is Cc1ccc(-c2nn(Cc3nc(C(N)=O)n(-c4ccccc4C(F)(F)F)n3)c(=O)n2CC(O)C(F)(F)F)cc1. The molecule has 0 spiro atoms. The summed E-state index contributed by atoms with van der Waals surface area (Å²) in [5, 5.41) is 17.6. The summed E-state index contributed by atoms with van der Waals surface area (Å²) < 4.78 is 81.7. The molecule has 0 saturated carbocycles. The number of aliphatic hydroxyl groups is 1. The molecule has 0 aliphatic heterocycles. The van der Waals surface area contributed by atoms with Gasteiger partial charge in [0.15, 0.2) is 17.8 Å². The molecular weight excluding hydrogens is 536 g/mol. The van der Waals surface area contributed by atoms with E-state index in [1.165, 1.54) is 18.2 Å². The molecule has 2 heterocycles. The molecule has 3 N–H and O–H groups in total. The minimum absolute atomic E-state index is 0.222. The second-order valence-electron chi connectivity index (χ2n) is 8.44. The lowest BCUT2D eigenvalue weighted by molar-refractivity contribution is -0.207. The first-order chi connectivity index (χ1) is 18.2. The Labute approximate surface area is 214 Å². The van der Waals surface area contributed by atoms with Gasteiger partial charge in [-0.05, 0) is 19.1 Å². The maximum atomic E-state index is 13.6. The summed E-state index contributed by atoms with van der Waals surface area (Å²) in [6.45, 7) is -0.0642. The predicted molar refractivity (Wildman–Crippen MR) is 123 cm³/mol. The van der Waals surface area contributed by atoms with Crippen molar-refractivity contribution in [1.82, 2.24) is 29.1 Å². The molecule has 206 valence electrons. The van der Waals surface area contributed by atoms with Crippen molar-refractivity contribution in [3.8, 4) is 17.1 Å². The molecule has 16 heteroatoms. The largest absolute Gasteiger partial charge is 0.418 e. The van der Waals surface area contributed by atoms with Gasteiger partial charge in [0, 0.05) is 5.56 Å². The fourth-order valence-corrected chi connectivity index (χ4v) is 3.68. The lowest BCUT2D eigenvalue weighted by Gasteiger charge is -2.15. The molecule has 0 aliphatic carbocycles. The molecule has 2 aromatic carbocycles. The fraction of sp³-hybridized carbons (Fsp3) is 0.261. The molecule has 0 radical (unpaired) electrons. The normalized spacial score (nSPS) is 13.0. The molecule has 0 bridgehead atoms. The predicted octanol–water partition coefficient (Wildman–Crippen LogP) is 2.69. The third kappa shape index (κ3) is 5.69. The summed E-state index contributed by atoms with van der Waals surface area (Å²) >= 11 is 0. The summed E-state index contributed by atoms with van der Waals surface area (Å²) in [6, 6.07) is 10.4. The average molecular weight is 555 g/mol. The van der Waals surface area contributed by atoms with E-state index in [0.717, 1.165) is 23.8 Å². The number of hydrogen-bond acceptors (Lipinski definition) is 6. The van der Waals surface area contributed by atoms with E-state index in [2.05, 4.69) is 15.2 Å². The van der Waals surface area contributed by atoms with Crippen LogP contribution >= 0.6 is 0 Å². The molecule has 0 aliphatic rings. The summed E-state index contributed by atoms with van der Waals surface area (Å²) in [4.78, 5) is 28.9. The summed E-state index contributed by atoms with van der Waals surface area (Å²) in [7, 11) is 0. The van der Waals surface area contributed by atoms with Crippen LogP contribution in [0, 0.1) is 6.92 Å². The maximum absolute atomic E-state index is 13.6. The number of aliphatic hydroxyl groups excluding tert-OH is 1. The van der Waals surface area contributed by atoms with Gasteiger partial charge in [-0.2, -0.15) is 26.3 Å². The summed E-state index contributed by atoms with van der Waals surface area (Å²) in [5.41, 5.74) is 3.55. The Morgan fingerprint density at radius 1 is 1.03 bits per heavy atom. The Bertz CT molecular complexity index is 1570. The number of aryl methyl sites for hydroxylation is 1. The zero-order chi connectivity index (χ0) is 28.7. The van der Waals surface area contributed by atoms with Crippen LogP contribution in [0.25, 0.3) is 17.1 Å². The average Bonchev–Trinajstić information content (AvgIpc) is 3.41. The van der Waals surface area contributed by atoms with Gasteiger partial charge >= 0.3 is 18.0 Å². The van der Waals surface area contributed by atoms with Crippen molar-refractivity contribution in [3.05, 3.63) is 81.8 Å². The molecule has 39 heavy (non-hydrogen) atoms. The molecule has 1 amide bonds. The lowest BCUT2D eigenvalue weighted by atomic mass is 10.1. The van der Waals surface area contributed by atoms with Gasteiger partial charge in [-0.25, -0.2) is 19.1 Å². The van der Waals surface area contributed by atoms with Crippen LogP contribution in [0.5, 0.6) is 0 Å². The molecule has 0 saturated heterocycles. The highest BCUT2D eigenvalue weighted by molar-refractivity contribution is 5.89. The Kier molecular flexibility index (Phi) is 7.08. The van der Waals surface area contributed by atoms with Crippen molar-refractivity contribution in [3.63, 3.8) is 0 Å². The molecule has 4 aromatic rings. The van der Waals surface area contributed by atoms with Crippen molar-refractivity contribution in [1.29, 1.82) is 0 Å². The van der Waals surface area contributed by atoms with Crippen LogP contribution in [-0.2, 0) is 19.3 Å². The monoisotopic (exact) mass is 555 g/mol. The zero-order valence-electron chi connectivity index (χ0n) is 19.9. The number of aromatic nitrogens is 6. The minimum Gasteiger partial charge on any atom is -0.382 e. The van der Waals surface area contributed by atoms with Gasteiger partial charge in [-0.1, -0.05) is 42.0 Å². The highest BCUT2D eigenvalue weighted by Crippen LogP contribution is 2.34. The number of hydrogen-bond donors (Lipinski definition) is 2. The third-order valence-corrected chi connectivity index (χ3v) is 5.57. The van der Waals surface area contributed by atoms with Crippen LogP contribution in [0.2, 0.25) is 0 Å². The van der Waals surface area contributed by atoms with E-state index in [1.54, 1.807) is 19.1 Å². The third-order valence-electron chi connectivity index (χ3n) is 5.57. The van der Waals surface area contributed by atoms with E-state index in [4.69, 9.17) is 5.73 Å². The van der Waals surface area contributed by atoms with Gasteiger partial charge in [0.25, 0.3) is 5.91 Å². The Morgan fingerprint density at radius 3 is 2.26 bits per heavy atom. The number of benzene rings is 2. The molecule has 0 fully saturated rings. The molecule has 10 nitrogen and oxygen atoms in total. The van der Waals surface area contributed by atoms with Crippen LogP contribution in [0.3, 0.4) is 0 Å². The van der Waals surface area contributed by atoms with Gasteiger partial charge in [0.2, 0.25) is 5.82 Å². The molecular formula is C23H19F6N7O3. The van der Waals surface area contributed by atoms with Crippen LogP contribution in [0.4, 0.5) is 26.3 Å². The van der Waals surface area contributed by atoms with Crippen molar-refractivity contribution in [2.75, 3.05) is 0 Å². The fourth-order valence-electron chi connectivity index (χ4n) is 3.68. The Balaban J connectivity index is 1.81. The summed E-state index contributed by atoms with van der Waals surface area (Å²) in [5.74, 6) is -2.50. The van der Waals surface area contributed by atoms with E-state index in [-0.39, 0.29) is 17.2 Å². The molecule has 1 unspecified atom stereocenters. The number of carbonyl (C=O) groups is 1. The van der Waals surface area contributed by atoms with Crippen LogP contribution < -0.4 is 11.4 Å². The molecule has 1 atom stereocenters. The highest BCUT2D eigenvalue weighted by Gasteiger charge is 2.39. The van der Waals surface area contributed by atoms with Gasteiger partial charge in [0.1, 0.15) is 6.54 Å². The summed E-state index contributed by atoms with van der Waals surface area (Å²) in [6.07, 6.45) is -12.8. The van der Waals surface area contributed by atoms with Gasteiger partial charge in [-0.15, -0.1) is 10.2 Å². The van der Waals surface area contributed by atoms with Crippen LogP contribution in [0.1, 0.15) is 27.6 Å². The second kappa shape index (κ2) is 10.0. The number of halogens is 6. The quantitative estimate of drug-likeness (QED) is 0.337. The highest BCUT2D eigenvalue weighted by atomic mass is 19.4. The number of nitrogens with two attached hydrogens (primary N) is 1. The smallest absolute Gasteiger partial charge is 0.382 e. The Hall–Kier alpha value is -4.47. The van der Waals surface area contributed by atoms with Crippen molar-refractivity contribution >= 4 is 5.91 Å².